The molecule has 0 radical (unpaired) electrons. The number of aryl methyl sites for hydroxylation is 1. The fourth-order valence-corrected chi connectivity index (χ4v) is 3.67. The van der Waals surface area contributed by atoms with Crippen LogP contribution in [0.25, 0.3) is 11.1 Å². The van der Waals surface area contributed by atoms with Gasteiger partial charge in [0.25, 0.3) is 0 Å². The van der Waals surface area contributed by atoms with E-state index in [2.05, 4.69) is 0 Å². The molecule has 0 aliphatic rings. The van der Waals surface area contributed by atoms with Gasteiger partial charge < -0.3 is 19.5 Å². The number of benzene rings is 3. The first-order valence-corrected chi connectivity index (χ1v) is 11.0. The quantitative estimate of drug-likeness (QED) is 0.404. The van der Waals surface area contributed by atoms with Crippen molar-refractivity contribution < 1.29 is 33.0 Å². The van der Waals surface area contributed by atoms with Gasteiger partial charge in [0.2, 0.25) is 0 Å². The van der Waals surface area contributed by atoms with Gasteiger partial charge in [-0.1, -0.05) is 54.1 Å². The Bertz CT molecular complexity index is 1200. The summed E-state index contributed by atoms with van der Waals surface area (Å²) in [5.41, 5.74) is 2.62. The van der Waals surface area contributed by atoms with Gasteiger partial charge in [0, 0.05) is 24.2 Å². The van der Waals surface area contributed by atoms with Gasteiger partial charge in [-0.3, -0.25) is 0 Å². The van der Waals surface area contributed by atoms with Gasteiger partial charge in [0.05, 0.1) is 7.11 Å². The third kappa shape index (κ3) is 5.95. The SMILES string of the molecule is CCN(Cc1cc(C)ccc1-c1cc(C(F)(F)C(=O)O)ccc1OC)C(=O)OCc1ccccc1. The minimum atomic E-state index is -4.07. The number of hydrogen-bond donors (Lipinski definition) is 1. The average molecular weight is 484 g/mol. The summed E-state index contributed by atoms with van der Waals surface area (Å²) >= 11 is 0. The van der Waals surface area contributed by atoms with E-state index in [9.17, 15) is 18.4 Å². The minimum absolute atomic E-state index is 0.122. The molecule has 184 valence electrons. The number of hydrogen-bond acceptors (Lipinski definition) is 4. The number of ether oxygens (including phenoxy) is 2. The fourth-order valence-electron chi connectivity index (χ4n) is 3.67. The first kappa shape index (κ1) is 25.7. The number of amides is 1. The topological polar surface area (TPSA) is 76.1 Å². The normalized spacial score (nSPS) is 11.1. The van der Waals surface area contributed by atoms with Gasteiger partial charge in [-0.25, -0.2) is 9.59 Å². The summed E-state index contributed by atoms with van der Waals surface area (Å²) < 4.78 is 39.4. The third-order valence-electron chi connectivity index (χ3n) is 5.59. The van der Waals surface area contributed by atoms with Crippen molar-refractivity contribution in [2.75, 3.05) is 13.7 Å². The molecule has 1 N–H and O–H groups in total. The number of carboxylic acids is 1. The van der Waals surface area contributed by atoms with Gasteiger partial charge in [-0.15, -0.1) is 0 Å². The van der Waals surface area contributed by atoms with Crippen LogP contribution in [-0.4, -0.2) is 35.7 Å². The Labute approximate surface area is 202 Å². The molecule has 0 heterocycles. The second kappa shape index (κ2) is 11.0. The van der Waals surface area contributed by atoms with Crippen LogP contribution in [0.1, 0.15) is 29.2 Å². The summed E-state index contributed by atoms with van der Waals surface area (Å²) in [5, 5.41) is 8.98. The van der Waals surface area contributed by atoms with E-state index < -0.39 is 23.5 Å². The minimum Gasteiger partial charge on any atom is -0.496 e. The molecule has 0 aliphatic heterocycles. The molecule has 3 rings (SSSR count). The number of methoxy groups -OCH3 is 1. The molecule has 0 unspecified atom stereocenters. The smallest absolute Gasteiger partial charge is 0.410 e. The van der Waals surface area contributed by atoms with Crippen molar-refractivity contribution in [3.8, 4) is 16.9 Å². The highest BCUT2D eigenvalue weighted by Crippen LogP contribution is 2.38. The zero-order valence-corrected chi connectivity index (χ0v) is 19.8. The van der Waals surface area contributed by atoms with Crippen LogP contribution in [-0.2, 0) is 28.6 Å². The molecule has 0 atom stereocenters. The molecule has 0 aromatic heterocycles. The number of carbonyl (C=O) groups is 2. The highest BCUT2D eigenvalue weighted by molar-refractivity contribution is 5.80. The van der Waals surface area contributed by atoms with Crippen LogP contribution < -0.4 is 4.74 Å². The van der Waals surface area contributed by atoms with E-state index in [0.717, 1.165) is 23.3 Å². The molecule has 3 aromatic carbocycles. The fraction of sp³-hybridized carbons (Fsp3) is 0.259. The first-order valence-electron chi connectivity index (χ1n) is 11.0. The van der Waals surface area contributed by atoms with Crippen molar-refractivity contribution in [1.82, 2.24) is 4.90 Å². The summed E-state index contributed by atoms with van der Waals surface area (Å²) in [6.07, 6.45) is -0.512. The highest BCUT2D eigenvalue weighted by atomic mass is 19.3. The Morgan fingerprint density at radius 3 is 2.34 bits per heavy atom. The van der Waals surface area contributed by atoms with Crippen molar-refractivity contribution in [1.29, 1.82) is 0 Å². The molecular weight excluding hydrogens is 456 g/mol. The second-order valence-electron chi connectivity index (χ2n) is 8.01. The van der Waals surface area contributed by atoms with Gasteiger partial charge in [-0.05, 0) is 48.7 Å². The Morgan fingerprint density at radius 1 is 1.00 bits per heavy atom. The lowest BCUT2D eigenvalue weighted by molar-refractivity contribution is -0.166. The van der Waals surface area contributed by atoms with Crippen LogP contribution >= 0.6 is 0 Å². The van der Waals surface area contributed by atoms with Crippen molar-refractivity contribution in [3.63, 3.8) is 0 Å². The predicted molar refractivity (Wildman–Crippen MR) is 127 cm³/mol. The van der Waals surface area contributed by atoms with Gasteiger partial charge in [0.1, 0.15) is 12.4 Å². The molecule has 0 aliphatic carbocycles. The molecular formula is C27H27F2NO5. The Kier molecular flexibility index (Phi) is 8.06. The van der Waals surface area contributed by atoms with Crippen LogP contribution in [0.5, 0.6) is 5.75 Å². The van der Waals surface area contributed by atoms with Crippen molar-refractivity contribution in [2.45, 2.75) is 32.9 Å². The predicted octanol–water partition coefficient (Wildman–Crippen LogP) is 6.01. The Balaban J connectivity index is 1.95. The molecule has 35 heavy (non-hydrogen) atoms. The van der Waals surface area contributed by atoms with E-state index in [1.165, 1.54) is 18.1 Å². The molecule has 3 aromatic rings. The van der Waals surface area contributed by atoms with Crippen LogP contribution in [0.3, 0.4) is 0 Å². The number of nitrogens with zero attached hydrogens (tertiary/aromatic N) is 1. The molecule has 0 fully saturated rings. The molecule has 8 heteroatoms. The second-order valence-corrected chi connectivity index (χ2v) is 8.01. The molecule has 1 amide bonds. The van der Waals surface area contributed by atoms with Gasteiger partial charge in [-0.2, -0.15) is 8.78 Å². The van der Waals surface area contributed by atoms with Gasteiger partial charge in [0.15, 0.2) is 0 Å². The highest BCUT2D eigenvalue weighted by Gasteiger charge is 2.41. The van der Waals surface area contributed by atoms with Crippen LogP contribution in [0.2, 0.25) is 0 Å². The van der Waals surface area contributed by atoms with Crippen molar-refractivity contribution in [2.24, 2.45) is 0 Å². The molecule has 0 bridgehead atoms. The van der Waals surface area contributed by atoms with E-state index in [4.69, 9.17) is 14.6 Å². The van der Waals surface area contributed by atoms with E-state index in [1.807, 2.05) is 56.3 Å². The number of carboxylic acid groups (broad SMARTS) is 1. The van der Waals surface area contributed by atoms with Crippen LogP contribution in [0.15, 0.2) is 66.7 Å². The summed E-state index contributed by atoms with van der Waals surface area (Å²) in [4.78, 5) is 25.4. The maximum absolute atomic E-state index is 14.3. The van der Waals surface area contributed by atoms with Crippen LogP contribution in [0.4, 0.5) is 13.6 Å². The van der Waals surface area contributed by atoms with Crippen molar-refractivity contribution >= 4 is 12.1 Å². The largest absolute Gasteiger partial charge is 0.496 e. The van der Waals surface area contributed by atoms with E-state index in [1.54, 1.807) is 6.07 Å². The maximum atomic E-state index is 14.3. The van der Waals surface area contributed by atoms with E-state index in [0.29, 0.717) is 29.0 Å². The molecule has 6 nitrogen and oxygen atoms in total. The number of alkyl halides is 2. The van der Waals surface area contributed by atoms with Crippen LogP contribution in [0, 0.1) is 6.92 Å². The first-order chi connectivity index (χ1) is 16.7. The standard InChI is InChI=1S/C27H27F2NO5/c1-4-30(26(33)35-17-19-8-6-5-7-9-19)16-20-14-18(2)10-12-22(20)23-15-21(11-13-24(23)34-3)27(28,29)25(31)32/h5-15H,4,16-17H2,1-3H3,(H,31,32). The number of aliphatic carboxylic acids is 1. The lowest BCUT2D eigenvalue weighted by Gasteiger charge is -2.23. The number of rotatable bonds is 9. The monoisotopic (exact) mass is 483 g/mol. The van der Waals surface area contributed by atoms with Crippen molar-refractivity contribution in [3.05, 3.63) is 89.0 Å². The Hall–Kier alpha value is -3.94. The maximum Gasteiger partial charge on any atom is 0.410 e. The number of carbonyl (C=O) groups excluding carboxylic acids is 1. The lowest BCUT2D eigenvalue weighted by atomic mass is 9.94. The summed E-state index contributed by atoms with van der Waals surface area (Å²) in [6.45, 7) is 4.33. The summed E-state index contributed by atoms with van der Waals surface area (Å²) in [7, 11) is 1.40. The lowest BCUT2D eigenvalue weighted by Crippen LogP contribution is -2.31. The molecule has 0 saturated carbocycles. The summed E-state index contributed by atoms with van der Waals surface area (Å²) in [5.74, 6) is -6.01. The zero-order chi connectivity index (χ0) is 25.6. The number of halogens is 2. The third-order valence-corrected chi connectivity index (χ3v) is 5.59. The Morgan fingerprint density at radius 2 is 1.71 bits per heavy atom. The zero-order valence-electron chi connectivity index (χ0n) is 19.8. The van der Waals surface area contributed by atoms with E-state index >= 15 is 0 Å². The van der Waals surface area contributed by atoms with E-state index in [-0.39, 0.29) is 13.2 Å². The summed E-state index contributed by atoms with van der Waals surface area (Å²) in [6, 6.07) is 18.2. The average Bonchev–Trinajstić information content (AvgIpc) is 2.86. The molecule has 0 saturated heterocycles. The van der Waals surface area contributed by atoms with Gasteiger partial charge >= 0.3 is 18.0 Å². The molecule has 0 spiro atoms.